The third-order valence-electron chi connectivity index (χ3n) is 5.77. The minimum absolute atomic E-state index is 0.308. The molecule has 4 atom stereocenters. The van der Waals surface area contributed by atoms with Gasteiger partial charge in [0.25, 0.3) is 0 Å². The Morgan fingerprint density at radius 1 is 0.731 bits per heavy atom. The summed E-state index contributed by atoms with van der Waals surface area (Å²) in [6.45, 7) is 3.97. The smallest absolute Gasteiger partial charge is 0.153 e. The molecule has 0 amide bonds. The van der Waals surface area contributed by atoms with Crippen molar-refractivity contribution >= 4 is 0 Å². The number of aliphatic hydroxyl groups is 2. The monoisotopic (exact) mass is 344 g/mol. The Hall–Kier alpha value is -2.52. The predicted molar refractivity (Wildman–Crippen MR) is 104 cm³/mol. The number of rotatable bonds is 4. The average Bonchev–Trinajstić information content (AvgIpc) is 2.61. The summed E-state index contributed by atoms with van der Waals surface area (Å²) in [6, 6.07) is 15.1. The lowest BCUT2D eigenvalue weighted by Gasteiger charge is -2.50. The van der Waals surface area contributed by atoms with Crippen LogP contribution >= 0.6 is 0 Å². The van der Waals surface area contributed by atoms with Gasteiger partial charge in [-0.1, -0.05) is 71.5 Å². The van der Waals surface area contributed by atoms with E-state index in [4.69, 9.17) is 12.8 Å². The first-order valence-corrected chi connectivity index (χ1v) is 8.89. The van der Waals surface area contributed by atoms with Gasteiger partial charge >= 0.3 is 0 Å². The highest BCUT2D eigenvalue weighted by molar-refractivity contribution is 5.39. The minimum Gasteiger partial charge on any atom is -0.373 e. The van der Waals surface area contributed by atoms with E-state index in [0.717, 1.165) is 24.0 Å². The van der Waals surface area contributed by atoms with Crippen LogP contribution in [0.1, 0.15) is 35.1 Å². The van der Waals surface area contributed by atoms with Gasteiger partial charge in [-0.15, -0.1) is 12.8 Å². The van der Waals surface area contributed by atoms with Crippen LogP contribution in [0.25, 0.3) is 0 Å². The molecule has 132 valence electrons. The molecule has 0 bridgehead atoms. The molecule has 2 aromatic carbocycles. The maximum atomic E-state index is 11.3. The zero-order chi connectivity index (χ0) is 18.9. The van der Waals surface area contributed by atoms with Crippen molar-refractivity contribution in [2.45, 2.75) is 37.9 Å². The standard InChI is InChI=1S/C24H24O2/c1-5-23(25,19-11-7-17(3)8-12-19)21-15-16-22(21)24(26,6-2)20-13-9-18(4)10-14-20/h1-2,7-14,21-22,25-26H,15-16H2,3-4H3/t21-,22+,23-,24-/m0/s1. The van der Waals surface area contributed by atoms with E-state index in [1.807, 2.05) is 62.4 Å². The highest BCUT2D eigenvalue weighted by Crippen LogP contribution is 2.53. The predicted octanol–water partition coefficient (Wildman–Crippen LogP) is 3.67. The van der Waals surface area contributed by atoms with E-state index < -0.39 is 11.2 Å². The van der Waals surface area contributed by atoms with Crippen LogP contribution in [0.2, 0.25) is 0 Å². The van der Waals surface area contributed by atoms with Gasteiger partial charge in [-0.3, -0.25) is 0 Å². The van der Waals surface area contributed by atoms with Gasteiger partial charge in [0.15, 0.2) is 11.2 Å². The molecule has 0 unspecified atom stereocenters. The second-order valence-corrected chi connectivity index (χ2v) is 7.34. The van der Waals surface area contributed by atoms with Crippen LogP contribution in [-0.2, 0) is 11.2 Å². The van der Waals surface area contributed by atoms with Crippen molar-refractivity contribution in [3.63, 3.8) is 0 Å². The molecule has 3 rings (SSSR count). The summed E-state index contributed by atoms with van der Waals surface area (Å²) >= 11 is 0. The van der Waals surface area contributed by atoms with Crippen molar-refractivity contribution in [3.05, 3.63) is 70.8 Å². The van der Waals surface area contributed by atoms with E-state index in [1.54, 1.807) is 0 Å². The van der Waals surface area contributed by atoms with Gasteiger partial charge in [0.2, 0.25) is 0 Å². The minimum atomic E-state index is -1.45. The number of aryl methyl sites for hydroxylation is 2. The molecule has 0 aromatic heterocycles. The lowest BCUT2D eigenvalue weighted by Crippen LogP contribution is -2.52. The topological polar surface area (TPSA) is 40.5 Å². The zero-order valence-corrected chi connectivity index (χ0v) is 15.2. The molecule has 2 aromatic rings. The van der Waals surface area contributed by atoms with Gasteiger partial charge in [0.1, 0.15) is 0 Å². The quantitative estimate of drug-likeness (QED) is 0.831. The molecule has 1 aliphatic rings. The summed E-state index contributed by atoms with van der Waals surface area (Å²) in [5.74, 6) is 4.54. The van der Waals surface area contributed by atoms with Crippen LogP contribution in [-0.4, -0.2) is 10.2 Å². The lowest BCUT2D eigenvalue weighted by atomic mass is 9.56. The summed E-state index contributed by atoms with van der Waals surface area (Å²) in [7, 11) is 0. The van der Waals surface area contributed by atoms with Gasteiger partial charge in [-0.25, -0.2) is 0 Å². The van der Waals surface area contributed by atoms with Crippen molar-refractivity contribution in [1.29, 1.82) is 0 Å². The van der Waals surface area contributed by atoms with Crippen LogP contribution in [0.5, 0.6) is 0 Å². The van der Waals surface area contributed by atoms with E-state index in [2.05, 4.69) is 11.8 Å². The van der Waals surface area contributed by atoms with Gasteiger partial charge in [-0.05, 0) is 37.8 Å². The molecule has 2 heteroatoms. The molecule has 1 fully saturated rings. The fourth-order valence-corrected chi connectivity index (χ4v) is 3.92. The fourth-order valence-electron chi connectivity index (χ4n) is 3.92. The Bertz CT molecular complexity index is 791. The van der Waals surface area contributed by atoms with Crippen LogP contribution in [0.15, 0.2) is 48.5 Å². The first-order valence-electron chi connectivity index (χ1n) is 8.89. The number of benzene rings is 2. The number of hydrogen-bond acceptors (Lipinski definition) is 2. The van der Waals surface area contributed by atoms with Gasteiger partial charge < -0.3 is 10.2 Å². The van der Waals surface area contributed by atoms with E-state index in [0.29, 0.717) is 11.1 Å². The third kappa shape index (κ3) is 2.82. The molecule has 0 spiro atoms. The molecule has 2 nitrogen and oxygen atoms in total. The van der Waals surface area contributed by atoms with Crippen LogP contribution in [0.3, 0.4) is 0 Å². The summed E-state index contributed by atoms with van der Waals surface area (Å²) in [5, 5.41) is 22.6. The molecule has 0 aliphatic heterocycles. The summed E-state index contributed by atoms with van der Waals surface area (Å²) < 4.78 is 0. The molecule has 1 saturated carbocycles. The SMILES string of the molecule is C#C[C@](O)(c1ccc(C)cc1)[C@@H]1CC[C@@H]1[C@](O)(C#C)c1ccc(C)cc1. The zero-order valence-electron chi connectivity index (χ0n) is 15.2. The van der Waals surface area contributed by atoms with Crippen molar-refractivity contribution in [2.75, 3.05) is 0 Å². The highest BCUT2D eigenvalue weighted by atomic mass is 16.3. The number of hydrogen-bond donors (Lipinski definition) is 2. The van der Waals surface area contributed by atoms with Crippen molar-refractivity contribution in [1.82, 2.24) is 0 Å². The maximum absolute atomic E-state index is 11.3. The Morgan fingerprint density at radius 3 is 1.27 bits per heavy atom. The number of terminal acetylenes is 2. The highest BCUT2D eigenvalue weighted by Gasteiger charge is 2.55. The van der Waals surface area contributed by atoms with Gasteiger partial charge in [0, 0.05) is 11.8 Å². The van der Waals surface area contributed by atoms with E-state index in [9.17, 15) is 10.2 Å². The molecule has 1 aliphatic carbocycles. The summed E-state index contributed by atoms with van der Waals surface area (Å²) in [4.78, 5) is 0. The molecular formula is C24H24O2. The van der Waals surface area contributed by atoms with Crippen molar-refractivity contribution in [2.24, 2.45) is 11.8 Å². The largest absolute Gasteiger partial charge is 0.373 e. The van der Waals surface area contributed by atoms with E-state index in [-0.39, 0.29) is 11.8 Å². The second-order valence-electron chi connectivity index (χ2n) is 7.34. The molecule has 2 N–H and O–H groups in total. The van der Waals surface area contributed by atoms with Crippen LogP contribution < -0.4 is 0 Å². The lowest BCUT2D eigenvalue weighted by molar-refractivity contribution is -0.118. The normalized spacial score (nSPS) is 23.6. The Kier molecular flexibility index (Phi) is 4.68. The first kappa shape index (κ1) is 18.3. The average molecular weight is 344 g/mol. The second kappa shape index (κ2) is 6.65. The molecule has 26 heavy (non-hydrogen) atoms. The van der Waals surface area contributed by atoms with Crippen molar-refractivity contribution < 1.29 is 10.2 Å². The fraction of sp³-hybridized carbons (Fsp3) is 0.333. The van der Waals surface area contributed by atoms with E-state index in [1.165, 1.54) is 0 Å². The summed E-state index contributed by atoms with van der Waals surface area (Å²) in [6.07, 6.45) is 13.0. The molecule has 0 heterocycles. The Balaban J connectivity index is 1.99. The summed E-state index contributed by atoms with van der Waals surface area (Å²) in [5.41, 5.74) is 0.626. The molecule has 0 radical (unpaired) electrons. The Morgan fingerprint density at radius 2 is 1.04 bits per heavy atom. The van der Waals surface area contributed by atoms with Crippen LogP contribution in [0, 0.1) is 50.4 Å². The van der Waals surface area contributed by atoms with E-state index >= 15 is 0 Å². The molecule has 0 saturated heterocycles. The first-order chi connectivity index (χ1) is 12.3. The van der Waals surface area contributed by atoms with Gasteiger partial charge in [-0.2, -0.15) is 0 Å². The van der Waals surface area contributed by atoms with Gasteiger partial charge in [0.05, 0.1) is 0 Å². The Labute approximate surface area is 155 Å². The molecular weight excluding hydrogens is 320 g/mol. The third-order valence-corrected chi connectivity index (χ3v) is 5.77. The van der Waals surface area contributed by atoms with Crippen molar-refractivity contribution in [3.8, 4) is 24.7 Å². The van der Waals surface area contributed by atoms with Crippen LogP contribution in [0.4, 0.5) is 0 Å². The maximum Gasteiger partial charge on any atom is 0.153 e.